The van der Waals surface area contributed by atoms with Crippen molar-refractivity contribution < 1.29 is 0 Å². The van der Waals surface area contributed by atoms with E-state index < -0.39 is 0 Å². The Bertz CT molecular complexity index is 236. The number of rotatable bonds is 3. The fourth-order valence-corrected chi connectivity index (χ4v) is 1.71. The predicted molar refractivity (Wildman–Crippen MR) is 55.1 cm³/mol. The summed E-state index contributed by atoms with van der Waals surface area (Å²) >= 11 is 11.7. The third-order valence-electron chi connectivity index (χ3n) is 1.74. The summed E-state index contributed by atoms with van der Waals surface area (Å²) in [6, 6.07) is 5.71. The zero-order chi connectivity index (χ0) is 8.97. The quantitative estimate of drug-likeness (QED) is 0.685. The second-order valence-corrected chi connectivity index (χ2v) is 3.75. The zero-order valence-electron chi connectivity index (χ0n) is 7.11. The number of hydrogen-bond donors (Lipinski definition) is 0. The summed E-state index contributed by atoms with van der Waals surface area (Å²) in [4.78, 5) is 0. The zero-order valence-corrected chi connectivity index (χ0v) is 8.62. The van der Waals surface area contributed by atoms with Gasteiger partial charge in [-0.25, -0.2) is 0 Å². The molecule has 0 saturated carbocycles. The van der Waals surface area contributed by atoms with Crippen LogP contribution >= 0.6 is 23.2 Å². The molecule has 66 valence electrons. The maximum Gasteiger partial charge on any atom is 0.0423 e. The highest BCUT2D eigenvalue weighted by Gasteiger charge is 1.96. The predicted octanol–water partition coefficient (Wildman–Crippen LogP) is 4.34. The molecule has 0 amide bonds. The van der Waals surface area contributed by atoms with E-state index in [2.05, 4.69) is 6.92 Å². The number of aryl methyl sites for hydroxylation is 1. The normalized spacial score (nSPS) is 10.2. The molecule has 0 heterocycles. The Hall–Kier alpha value is -0.200. The first-order valence-electron chi connectivity index (χ1n) is 4.17. The molecular formula is C10H12Cl2. The lowest BCUT2D eigenvalue weighted by molar-refractivity contribution is 0.795. The van der Waals surface area contributed by atoms with Crippen molar-refractivity contribution in [1.29, 1.82) is 0 Å². The molecular weight excluding hydrogens is 191 g/mol. The average Bonchev–Trinajstić information content (AvgIpc) is 1.99. The van der Waals surface area contributed by atoms with Gasteiger partial charge in [0, 0.05) is 10.0 Å². The first kappa shape index (κ1) is 9.88. The van der Waals surface area contributed by atoms with Crippen LogP contribution in [0, 0.1) is 0 Å². The molecule has 0 saturated heterocycles. The van der Waals surface area contributed by atoms with Crippen molar-refractivity contribution >= 4 is 23.2 Å². The van der Waals surface area contributed by atoms with E-state index in [0.29, 0.717) is 0 Å². The first-order chi connectivity index (χ1) is 5.72. The summed E-state index contributed by atoms with van der Waals surface area (Å²) in [6.07, 6.45) is 3.46. The van der Waals surface area contributed by atoms with Crippen LogP contribution in [0.25, 0.3) is 0 Å². The lowest BCUT2D eigenvalue weighted by atomic mass is 10.1. The van der Waals surface area contributed by atoms with Gasteiger partial charge in [-0.15, -0.1) is 0 Å². The fourth-order valence-electron chi connectivity index (χ4n) is 1.14. The Labute approximate surface area is 83.5 Å². The van der Waals surface area contributed by atoms with Crippen LogP contribution < -0.4 is 0 Å². The molecule has 0 aliphatic carbocycles. The van der Waals surface area contributed by atoms with Crippen LogP contribution in [0.3, 0.4) is 0 Å². The highest BCUT2D eigenvalue weighted by atomic mass is 35.5. The van der Waals surface area contributed by atoms with Crippen molar-refractivity contribution in [2.24, 2.45) is 0 Å². The number of benzene rings is 1. The van der Waals surface area contributed by atoms with Gasteiger partial charge in [0.15, 0.2) is 0 Å². The van der Waals surface area contributed by atoms with Crippen LogP contribution in [-0.2, 0) is 6.42 Å². The standard InChI is InChI=1S/C10H12Cl2/c1-2-3-4-8-5-9(11)7-10(12)6-8/h5-7H,2-4H2,1H3. The molecule has 0 aromatic heterocycles. The summed E-state index contributed by atoms with van der Waals surface area (Å²) < 4.78 is 0. The van der Waals surface area contributed by atoms with E-state index >= 15 is 0 Å². The van der Waals surface area contributed by atoms with Crippen molar-refractivity contribution in [3.8, 4) is 0 Å². The Morgan fingerprint density at radius 2 is 1.67 bits per heavy atom. The van der Waals surface area contributed by atoms with Gasteiger partial charge in [-0.2, -0.15) is 0 Å². The van der Waals surface area contributed by atoms with E-state index in [9.17, 15) is 0 Å². The van der Waals surface area contributed by atoms with Crippen molar-refractivity contribution in [2.75, 3.05) is 0 Å². The summed E-state index contributed by atoms with van der Waals surface area (Å²) in [5.41, 5.74) is 1.23. The van der Waals surface area contributed by atoms with E-state index in [-0.39, 0.29) is 0 Å². The maximum absolute atomic E-state index is 5.84. The molecule has 0 nitrogen and oxygen atoms in total. The average molecular weight is 203 g/mol. The number of halogens is 2. The summed E-state index contributed by atoms with van der Waals surface area (Å²) in [5.74, 6) is 0. The van der Waals surface area contributed by atoms with E-state index in [1.165, 1.54) is 18.4 Å². The Balaban J connectivity index is 2.72. The molecule has 0 unspecified atom stereocenters. The first-order valence-corrected chi connectivity index (χ1v) is 4.93. The van der Waals surface area contributed by atoms with Gasteiger partial charge in [0.2, 0.25) is 0 Å². The maximum atomic E-state index is 5.84. The van der Waals surface area contributed by atoms with Crippen molar-refractivity contribution in [1.82, 2.24) is 0 Å². The molecule has 0 N–H and O–H groups in total. The minimum absolute atomic E-state index is 0.730. The molecule has 1 rings (SSSR count). The van der Waals surface area contributed by atoms with Crippen molar-refractivity contribution in [2.45, 2.75) is 26.2 Å². The molecule has 2 heteroatoms. The molecule has 1 aromatic rings. The highest BCUT2D eigenvalue weighted by Crippen LogP contribution is 2.20. The van der Waals surface area contributed by atoms with E-state index in [0.717, 1.165) is 16.5 Å². The second kappa shape index (κ2) is 4.74. The van der Waals surface area contributed by atoms with Crippen molar-refractivity contribution in [3.05, 3.63) is 33.8 Å². The molecule has 1 aromatic carbocycles. The third-order valence-corrected chi connectivity index (χ3v) is 2.18. The van der Waals surface area contributed by atoms with Gasteiger partial charge in [0.25, 0.3) is 0 Å². The van der Waals surface area contributed by atoms with E-state index in [1.54, 1.807) is 6.07 Å². The molecule has 0 bridgehead atoms. The minimum Gasteiger partial charge on any atom is -0.0843 e. The van der Waals surface area contributed by atoms with Crippen LogP contribution in [0.4, 0.5) is 0 Å². The van der Waals surface area contributed by atoms with Gasteiger partial charge in [0.1, 0.15) is 0 Å². The monoisotopic (exact) mass is 202 g/mol. The Morgan fingerprint density at radius 1 is 1.08 bits per heavy atom. The van der Waals surface area contributed by atoms with E-state index in [1.807, 2.05) is 12.1 Å². The number of unbranched alkanes of at least 4 members (excludes halogenated alkanes) is 1. The van der Waals surface area contributed by atoms with Crippen LogP contribution in [0.15, 0.2) is 18.2 Å². The third kappa shape index (κ3) is 3.04. The summed E-state index contributed by atoms with van der Waals surface area (Å²) in [5, 5.41) is 1.46. The topological polar surface area (TPSA) is 0 Å². The largest absolute Gasteiger partial charge is 0.0843 e. The van der Waals surface area contributed by atoms with Gasteiger partial charge in [0.05, 0.1) is 0 Å². The van der Waals surface area contributed by atoms with Crippen LogP contribution in [-0.4, -0.2) is 0 Å². The highest BCUT2D eigenvalue weighted by molar-refractivity contribution is 6.34. The van der Waals surface area contributed by atoms with Crippen LogP contribution in [0.2, 0.25) is 10.0 Å². The molecule has 0 spiro atoms. The minimum atomic E-state index is 0.730. The van der Waals surface area contributed by atoms with Crippen molar-refractivity contribution in [3.63, 3.8) is 0 Å². The summed E-state index contributed by atoms with van der Waals surface area (Å²) in [6.45, 7) is 2.17. The van der Waals surface area contributed by atoms with Gasteiger partial charge in [-0.1, -0.05) is 36.5 Å². The molecule has 0 aliphatic heterocycles. The van der Waals surface area contributed by atoms with Gasteiger partial charge in [-0.05, 0) is 36.6 Å². The SMILES string of the molecule is CCCCc1cc(Cl)cc(Cl)c1. The fraction of sp³-hybridized carbons (Fsp3) is 0.400. The molecule has 0 atom stereocenters. The smallest absolute Gasteiger partial charge is 0.0423 e. The Morgan fingerprint density at radius 3 is 2.17 bits per heavy atom. The van der Waals surface area contributed by atoms with Crippen LogP contribution in [0.5, 0.6) is 0 Å². The molecule has 0 fully saturated rings. The summed E-state index contributed by atoms with van der Waals surface area (Å²) in [7, 11) is 0. The second-order valence-electron chi connectivity index (χ2n) is 2.88. The Kier molecular flexibility index (Phi) is 3.90. The van der Waals surface area contributed by atoms with E-state index in [4.69, 9.17) is 23.2 Å². The van der Waals surface area contributed by atoms with Gasteiger partial charge in [-0.3, -0.25) is 0 Å². The molecule has 12 heavy (non-hydrogen) atoms. The number of hydrogen-bond acceptors (Lipinski definition) is 0. The van der Waals surface area contributed by atoms with Crippen LogP contribution in [0.1, 0.15) is 25.3 Å². The van der Waals surface area contributed by atoms with Gasteiger partial charge < -0.3 is 0 Å². The van der Waals surface area contributed by atoms with Gasteiger partial charge >= 0.3 is 0 Å². The lowest BCUT2D eigenvalue weighted by Gasteiger charge is -2.01. The lowest BCUT2D eigenvalue weighted by Crippen LogP contribution is -1.84. The molecule has 0 radical (unpaired) electrons. The molecule has 0 aliphatic rings.